The van der Waals surface area contributed by atoms with Crippen molar-refractivity contribution < 1.29 is 38.3 Å². The molecule has 4 saturated carbocycles. The number of aromatic nitrogens is 2. The predicted octanol–water partition coefficient (Wildman–Crippen LogP) is 5.60. The number of aromatic hydroxyl groups is 1. The van der Waals surface area contributed by atoms with Gasteiger partial charge >= 0.3 is 12.2 Å². The van der Waals surface area contributed by atoms with E-state index in [0.29, 0.717) is 55.8 Å². The lowest BCUT2D eigenvalue weighted by Crippen LogP contribution is -2.55. The fourth-order valence-electron chi connectivity index (χ4n) is 9.71. The van der Waals surface area contributed by atoms with Gasteiger partial charge in [-0.05, 0) is 173 Å². The molecule has 0 aliphatic heterocycles. The van der Waals surface area contributed by atoms with E-state index in [0.717, 1.165) is 36.0 Å². The van der Waals surface area contributed by atoms with Gasteiger partial charge in [-0.1, -0.05) is 5.16 Å². The Morgan fingerprint density at radius 2 is 1.38 bits per heavy atom. The second-order valence-electron chi connectivity index (χ2n) is 19.6. The third-order valence-corrected chi connectivity index (χ3v) is 11.9. The van der Waals surface area contributed by atoms with Crippen molar-refractivity contribution in [1.82, 2.24) is 36.7 Å². The minimum Gasteiger partial charge on any atom is -0.508 e. The molecule has 0 radical (unpaired) electrons. The summed E-state index contributed by atoms with van der Waals surface area (Å²) in [6.45, 7) is 14.8. The highest BCUT2D eigenvalue weighted by Crippen LogP contribution is 2.60. The first-order valence-electron chi connectivity index (χ1n) is 21.9. The fraction of sp³-hybridized carbons (Fsp3) is 0.705. The van der Waals surface area contributed by atoms with Crippen LogP contribution in [0.25, 0.3) is 0 Å². The molecule has 4 fully saturated rings. The molecule has 0 unspecified atom stereocenters. The van der Waals surface area contributed by atoms with Gasteiger partial charge < -0.3 is 51.4 Å². The van der Waals surface area contributed by atoms with Crippen LogP contribution in [0, 0.1) is 37.0 Å². The molecule has 4 amide bonds. The average molecular weight is 852 g/mol. The molecular weight excluding hydrogens is 783 g/mol. The maximum atomic E-state index is 14.7. The van der Waals surface area contributed by atoms with Crippen LogP contribution in [0.1, 0.15) is 147 Å². The van der Waals surface area contributed by atoms with Crippen LogP contribution in [-0.2, 0) is 30.9 Å². The summed E-state index contributed by atoms with van der Waals surface area (Å²) in [6, 6.07) is 0.237. The number of unbranched alkanes of at least 4 members (excludes halogenated alkanes) is 1. The lowest BCUT2D eigenvalue weighted by atomic mass is 9.49. The lowest BCUT2D eigenvalue weighted by Gasteiger charge is -2.55. The number of rotatable bonds is 18. The average Bonchev–Trinajstić information content (AvgIpc) is 3.62. The van der Waals surface area contributed by atoms with Gasteiger partial charge in [-0.25, -0.2) is 9.59 Å². The normalized spacial score (nSPS) is 22.1. The number of carbonyl (C=O) groups excluding carboxylic acids is 4. The number of nitrogens with zero attached hydrogens (tertiary/aromatic N) is 2. The number of hydrogen-bond acceptors (Lipinski definition) is 11. The maximum absolute atomic E-state index is 14.7. The van der Waals surface area contributed by atoms with Gasteiger partial charge in [0.1, 0.15) is 35.1 Å². The number of carbonyl (C=O) groups is 4. The minimum atomic E-state index is -1.14. The lowest BCUT2D eigenvalue weighted by molar-refractivity contribution is -0.130. The summed E-state index contributed by atoms with van der Waals surface area (Å²) in [5, 5.41) is 36.6. The molecule has 0 spiro atoms. The van der Waals surface area contributed by atoms with Crippen molar-refractivity contribution in [2.24, 2.45) is 23.5 Å². The maximum Gasteiger partial charge on any atom is 0.408 e. The van der Waals surface area contributed by atoms with E-state index in [9.17, 15) is 24.3 Å². The van der Waals surface area contributed by atoms with Crippen LogP contribution in [0.3, 0.4) is 0 Å². The molecular formula is C44H69N9O8. The number of nitrogens with one attached hydrogen (secondary N) is 6. The second kappa shape index (κ2) is 19.7. The standard InChI is InChI=1S/C44H69N9O8/c1-25-16-30(54)17-26(2)31(25)21-34(50-35(55)32(13-11-15-47-39(45)46)51-41(58)60-43(6,7)8)36(56)49-33(12-9-10-14-48-40(57)59-42(3,4)5)37-52-38(53-61-37)44-22-27-18-28(23-44)20-29(19-27)24-44/h16-17,27-29,32-34,54H,9-15,18-24H2,1-8H3,(H,48,57)(H,49,56)(H,50,55)(H,51,58)(H4,45,46,47)/t27?,28?,29?,32-,33+,34+,44?/m1/s1. The molecule has 17 heteroatoms. The van der Waals surface area contributed by atoms with Gasteiger partial charge in [-0.2, -0.15) is 4.98 Å². The van der Waals surface area contributed by atoms with E-state index in [1.807, 2.05) is 13.8 Å². The van der Waals surface area contributed by atoms with Gasteiger partial charge in [0.05, 0.1) is 0 Å². The number of guanidine groups is 1. The van der Waals surface area contributed by atoms with E-state index in [-0.39, 0.29) is 42.4 Å². The van der Waals surface area contributed by atoms with Gasteiger partial charge in [0.2, 0.25) is 17.7 Å². The minimum absolute atomic E-state index is 0.0649. The van der Waals surface area contributed by atoms with Crippen LogP contribution >= 0.6 is 0 Å². The number of aryl methyl sites for hydroxylation is 2. The highest BCUT2D eigenvalue weighted by Gasteiger charge is 2.54. The summed E-state index contributed by atoms with van der Waals surface area (Å²) in [4.78, 5) is 59.1. The second-order valence-corrected chi connectivity index (χ2v) is 19.6. The van der Waals surface area contributed by atoms with Crippen LogP contribution in [0.4, 0.5) is 9.59 Å². The van der Waals surface area contributed by atoms with Crippen molar-refractivity contribution in [3.05, 3.63) is 40.5 Å². The molecule has 61 heavy (non-hydrogen) atoms. The van der Waals surface area contributed by atoms with Crippen LogP contribution in [-0.4, -0.2) is 81.6 Å². The number of alkyl carbamates (subject to hydrolysis) is 2. The van der Waals surface area contributed by atoms with Gasteiger partial charge in [-0.15, -0.1) is 0 Å². The van der Waals surface area contributed by atoms with Crippen molar-refractivity contribution in [3.63, 3.8) is 0 Å². The summed E-state index contributed by atoms with van der Waals surface area (Å²) >= 11 is 0. The first kappa shape index (κ1) is 47.0. The topological polar surface area (TPSA) is 256 Å². The molecule has 3 atom stereocenters. The first-order valence-corrected chi connectivity index (χ1v) is 21.9. The monoisotopic (exact) mass is 852 g/mol. The Morgan fingerprint density at radius 1 is 0.820 bits per heavy atom. The summed E-state index contributed by atoms with van der Waals surface area (Å²) in [6.07, 6.45) is 7.68. The van der Waals surface area contributed by atoms with Gasteiger partial charge in [-0.3, -0.25) is 15.0 Å². The Bertz CT molecular complexity index is 1830. The van der Waals surface area contributed by atoms with Crippen molar-refractivity contribution in [1.29, 1.82) is 5.41 Å². The SMILES string of the molecule is Cc1cc(O)cc(C)c1C[C@H](NC(=O)[C@@H](CCCNC(=N)N)NC(=O)OC(C)(C)C)C(=O)N[C@@H](CCCCNC(=O)OC(C)(C)C)c1nc(C23CC4CC(CC(C4)C2)C3)no1. The fourth-order valence-corrected chi connectivity index (χ4v) is 9.71. The zero-order valence-electron chi connectivity index (χ0n) is 37.3. The Labute approximate surface area is 359 Å². The number of phenols is 1. The molecule has 4 bridgehead atoms. The molecule has 338 valence electrons. The van der Waals surface area contributed by atoms with Crippen molar-refractivity contribution in [3.8, 4) is 5.75 Å². The van der Waals surface area contributed by atoms with E-state index in [1.54, 1.807) is 53.7 Å². The molecule has 1 aromatic heterocycles. The van der Waals surface area contributed by atoms with Gasteiger partial charge in [0.25, 0.3) is 0 Å². The molecule has 2 aromatic rings. The summed E-state index contributed by atoms with van der Waals surface area (Å²) in [5.41, 5.74) is 6.08. The van der Waals surface area contributed by atoms with Crippen LogP contribution in [0.2, 0.25) is 0 Å². The summed E-state index contributed by atoms with van der Waals surface area (Å²) < 4.78 is 16.9. The number of phenolic OH excluding ortho intramolecular Hbond substituents is 1. The quantitative estimate of drug-likeness (QED) is 0.0519. The summed E-state index contributed by atoms with van der Waals surface area (Å²) in [7, 11) is 0. The highest BCUT2D eigenvalue weighted by molar-refractivity contribution is 5.91. The van der Waals surface area contributed by atoms with E-state index >= 15 is 0 Å². The Kier molecular flexibility index (Phi) is 15.2. The first-order chi connectivity index (χ1) is 28.6. The molecule has 0 saturated heterocycles. The zero-order chi connectivity index (χ0) is 44.7. The Balaban J connectivity index is 1.40. The largest absolute Gasteiger partial charge is 0.508 e. The molecule has 1 aromatic carbocycles. The molecule has 6 rings (SSSR count). The smallest absolute Gasteiger partial charge is 0.408 e. The third-order valence-electron chi connectivity index (χ3n) is 11.9. The van der Waals surface area contributed by atoms with Crippen molar-refractivity contribution >= 4 is 30.0 Å². The van der Waals surface area contributed by atoms with Crippen LogP contribution in [0.15, 0.2) is 16.7 Å². The molecule has 1 heterocycles. The van der Waals surface area contributed by atoms with E-state index in [4.69, 9.17) is 30.1 Å². The van der Waals surface area contributed by atoms with Crippen molar-refractivity contribution in [2.45, 2.75) is 167 Å². The number of ether oxygens (including phenoxy) is 2. The van der Waals surface area contributed by atoms with Crippen molar-refractivity contribution in [2.75, 3.05) is 13.1 Å². The third kappa shape index (κ3) is 13.7. The molecule has 4 aliphatic rings. The van der Waals surface area contributed by atoms with E-state index in [2.05, 4.69) is 31.7 Å². The molecule has 9 N–H and O–H groups in total. The number of nitrogens with two attached hydrogens (primary N) is 1. The van der Waals surface area contributed by atoms with E-state index in [1.165, 1.54) is 19.3 Å². The summed E-state index contributed by atoms with van der Waals surface area (Å²) in [5.74, 6) is 1.70. The zero-order valence-corrected chi connectivity index (χ0v) is 37.3. The Hall–Kier alpha value is -5.09. The number of benzene rings is 1. The van der Waals surface area contributed by atoms with E-state index < -0.39 is 53.3 Å². The number of hydrogen-bond donors (Lipinski definition) is 8. The van der Waals surface area contributed by atoms with Gasteiger partial charge in [0.15, 0.2) is 11.8 Å². The van der Waals surface area contributed by atoms with Crippen LogP contribution < -0.4 is 32.3 Å². The Morgan fingerprint density at radius 3 is 1.95 bits per heavy atom. The number of amides is 4. The predicted molar refractivity (Wildman–Crippen MR) is 229 cm³/mol. The highest BCUT2D eigenvalue weighted by atomic mass is 16.6. The van der Waals surface area contributed by atoms with Crippen LogP contribution in [0.5, 0.6) is 5.75 Å². The molecule has 17 nitrogen and oxygen atoms in total. The van der Waals surface area contributed by atoms with Gasteiger partial charge in [0, 0.05) is 24.9 Å². The molecule has 4 aliphatic carbocycles.